The summed E-state index contributed by atoms with van der Waals surface area (Å²) in [6, 6.07) is 1.96. The molecule has 2 rings (SSSR count). The van der Waals surface area contributed by atoms with Crippen LogP contribution in [0.4, 0.5) is 0 Å². The van der Waals surface area contributed by atoms with Crippen molar-refractivity contribution in [2.45, 2.75) is 25.6 Å². The van der Waals surface area contributed by atoms with E-state index < -0.39 is 0 Å². The Morgan fingerprint density at radius 3 is 2.89 bits per heavy atom. The summed E-state index contributed by atoms with van der Waals surface area (Å²) in [5.74, 6) is 1.78. The molecular weight excluding hydrogens is 266 g/mol. The van der Waals surface area contributed by atoms with Crippen molar-refractivity contribution in [1.29, 1.82) is 0 Å². The number of furan rings is 1. The minimum Gasteiger partial charge on any atom is -0.469 e. The molecule has 0 saturated carbocycles. The van der Waals surface area contributed by atoms with Gasteiger partial charge in [0.1, 0.15) is 16.9 Å². The van der Waals surface area contributed by atoms with E-state index in [9.17, 15) is 9.59 Å². The second-order valence-electron chi connectivity index (χ2n) is 4.46. The molecule has 5 nitrogen and oxygen atoms in total. The van der Waals surface area contributed by atoms with Gasteiger partial charge in [-0.2, -0.15) is 0 Å². The highest BCUT2D eigenvalue weighted by Crippen LogP contribution is 2.39. The molecule has 0 aliphatic carbocycles. The third-order valence-corrected chi connectivity index (χ3v) is 4.40. The lowest BCUT2D eigenvalue weighted by Crippen LogP contribution is -2.30. The molecule has 6 heteroatoms. The van der Waals surface area contributed by atoms with Crippen LogP contribution in [0, 0.1) is 13.8 Å². The Balaban J connectivity index is 2.10. The van der Waals surface area contributed by atoms with Gasteiger partial charge in [0.25, 0.3) is 0 Å². The van der Waals surface area contributed by atoms with Gasteiger partial charge >= 0.3 is 5.97 Å². The lowest BCUT2D eigenvalue weighted by molar-refractivity contribution is -0.141. The SMILES string of the molecule is COC(=O)CCN1C(=O)CSC1c1cc(C)c(C)o1. The molecule has 0 bridgehead atoms. The van der Waals surface area contributed by atoms with Crippen molar-refractivity contribution in [2.75, 3.05) is 19.4 Å². The van der Waals surface area contributed by atoms with Crippen LogP contribution in [0.25, 0.3) is 0 Å². The van der Waals surface area contributed by atoms with Crippen molar-refractivity contribution in [3.05, 3.63) is 23.2 Å². The first-order valence-electron chi connectivity index (χ1n) is 6.07. The van der Waals surface area contributed by atoms with Crippen LogP contribution in [0.5, 0.6) is 0 Å². The first-order chi connectivity index (χ1) is 9.02. The van der Waals surface area contributed by atoms with Crippen LogP contribution < -0.4 is 0 Å². The monoisotopic (exact) mass is 283 g/mol. The van der Waals surface area contributed by atoms with Gasteiger partial charge in [-0.05, 0) is 25.5 Å². The summed E-state index contributed by atoms with van der Waals surface area (Å²) in [6.07, 6.45) is 0.206. The molecule has 1 aliphatic rings. The zero-order valence-electron chi connectivity index (χ0n) is 11.3. The fourth-order valence-electron chi connectivity index (χ4n) is 1.97. The zero-order valence-corrected chi connectivity index (χ0v) is 12.1. The molecule has 0 radical (unpaired) electrons. The van der Waals surface area contributed by atoms with E-state index in [2.05, 4.69) is 4.74 Å². The van der Waals surface area contributed by atoms with Crippen LogP contribution in [-0.2, 0) is 14.3 Å². The summed E-state index contributed by atoms with van der Waals surface area (Å²) in [4.78, 5) is 24.7. The molecule has 2 heterocycles. The second kappa shape index (κ2) is 5.69. The Labute approximate surface area is 116 Å². The largest absolute Gasteiger partial charge is 0.469 e. The molecule has 1 unspecified atom stereocenters. The van der Waals surface area contributed by atoms with Crippen molar-refractivity contribution < 1.29 is 18.7 Å². The highest BCUT2D eigenvalue weighted by Gasteiger charge is 2.35. The smallest absolute Gasteiger partial charge is 0.307 e. The average Bonchev–Trinajstić information content (AvgIpc) is 2.90. The van der Waals surface area contributed by atoms with Gasteiger partial charge in [0.05, 0.1) is 19.3 Å². The number of rotatable bonds is 4. The first kappa shape index (κ1) is 14.0. The van der Waals surface area contributed by atoms with E-state index in [-0.39, 0.29) is 23.7 Å². The predicted octanol–water partition coefficient (Wildman–Crippen LogP) is 2.03. The van der Waals surface area contributed by atoms with Crippen LogP contribution in [0.1, 0.15) is 28.9 Å². The van der Waals surface area contributed by atoms with Crippen LogP contribution in [-0.4, -0.2) is 36.2 Å². The molecule has 1 fully saturated rings. The van der Waals surface area contributed by atoms with E-state index in [1.54, 1.807) is 4.90 Å². The minimum absolute atomic E-state index is 0.0330. The van der Waals surface area contributed by atoms with Crippen molar-refractivity contribution in [2.24, 2.45) is 0 Å². The summed E-state index contributed by atoms with van der Waals surface area (Å²) in [5.41, 5.74) is 1.07. The number of amides is 1. The molecule has 1 amide bonds. The Hall–Kier alpha value is -1.43. The number of methoxy groups -OCH3 is 1. The summed E-state index contributed by atoms with van der Waals surface area (Å²) in [6.45, 7) is 4.24. The Kier molecular flexibility index (Phi) is 4.19. The zero-order chi connectivity index (χ0) is 14.0. The maximum Gasteiger partial charge on any atom is 0.307 e. The lowest BCUT2D eigenvalue weighted by Gasteiger charge is -2.21. The Morgan fingerprint density at radius 2 is 2.32 bits per heavy atom. The number of ether oxygens (including phenoxy) is 1. The first-order valence-corrected chi connectivity index (χ1v) is 7.12. The van der Waals surface area contributed by atoms with E-state index in [0.717, 1.165) is 17.1 Å². The number of thioether (sulfide) groups is 1. The van der Waals surface area contributed by atoms with E-state index in [1.807, 2.05) is 19.9 Å². The number of carbonyl (C=O) groups excluding carboxylic acids is 2. The predicted molar refractivity (Wildman–Crippen MR) is 71.7 cm³/mol. The summed E-state index contributed by atoms with van der Waals surface area (Å²) in [7, 11) is 1.35. The van der Waals surface area contributed by atoms with Gasteiger partial charge in [0, 0.05) is 6.54 Å². The quantitative estimate of drug-likeness (QED) is 0.791. The van der Waals surface area contributed by atoms with Gasteiger partial charge in [0.15, 0.2) is 0 Å². The van der Waals surface area contributed by atoms with Crippen molar-refractivity contribution >= 4 is 23.6 Å². The van der Waals surface area contributed by atoms with Gasteiger partial charge in [0.2, 0.25) is 5.91 Å². The van der Waals surface area contributed by atoms with Gasteiger partial charge < -0.3 is 14.1 Å². The molecular formula is C13H17NO4S. The van der Waals surface area contributed by atoms with E-state index in [1.165, 1.54) is 18.9 Å². The van der Waals surface area contributed by atoms with E-state index in [0.29, 0.717) is 12.3 Å². The molecule has 1 aromatic heterocycles. The fraction of sp³-hybridized carbons (Fsp3) is 0.538. The molecule has 1 saturated heterocycles. The van der Waals surface area contributed by atoms with Gasteiger partial charge in [-0.15, -0.1) is 11.8 Å². The van der Waals surface area contributed by atoms with Crippen molar-refractivity contribution in [1.82, 2.24) is 4.90 Å². The number of nitrogens with zero attached hydrogens (tertiary/aromatic N) is 1. The maximum atomic E-state index is 11.9. The van der Waals surface area contributed by atoms with Gasteiger partial charge in [-0.3, -0.25) is 9.59 Å². The fourth-order valence-corrected chi connectivity index (χ4v) is 3.12. The standard InChI is InChI=1S/C13H17NO4S/c1-8-6-10(18-9(8)2)13-14(11(15)7-19-13)5-4-12(16)17-3/h6,13H,4-5,7H2,1-3H3. The molecule has 104 valence electrons. The molecule has 1 aromatic rings. The van der Waals surface area contributed by atoms with Gasteiger partial charge in [-0.25, -0.2) is 0 Å². The third kappa shape index (κ3) is 2.94. The number of hydrogen-bond donors (Lipinski definition) is 0. The summed E-state index contributed by atoms with van der Waals surface area (Å²) >= 11 is 1.52. The highest BCUT2D eigenvalue weighted by molar-refractivity contribution is 8.00. The van der Waals surface area contributed by atoms with Crippen LogP contribution in [0.2, 0.25) is 0 Å². The Morgan fingerprint density at radius 1 is 1.58 bits per heavy atom. The van der Waals surface area contributed by atoms with Crippen LogP contribution in [0.3, 0.4) is 0 Å². The molecule has 0 aromatic carbocycles. The van der Waals surface area contributed by atoms with Crippen molar-refractivity contribution in [3.63, 3.8) is 0 Å². The van der Waals surface area contributed by atoms with Crippen LogP contribution in [0.15, 0.2) is 10.5 Å². The maximum absolute atomic E-state index is 11.9. The second-order valence-corrected chi connectivity index (χ2v) is 5.53. The molecule has 1 atom stereocenters. The summed E-state index contributed by atoms with van der Waals surface area (Å²) < 4.78 is 10.3. The molecule has 19 heavy (non-hydrogen) atoms. The Bertz CT molecular complexity index is 477. The number of aryl methyl sites for hydroxylation is 2. The molecule has 0 spiro atoms. The third-order valence-electron chi connectivity index (χ3n) is 3.18. The topological polar surface area (TPSA) is 59.8 Å². The highest BCUT2D eigenvalue weighted by atomic mass is 32.2. The lowest BCUT2D eigenvalue weighted by atomic mass is 10.2. The number of hydrogen-bond acceptors (Lipinski definition) is 5. The number of esters is 1. The molecule has 1 aliphatic heterocycles. The minimum atomic E-state index is -0.310. The normalized spacial score (nSPS) is 19.0. The van der Waals surface area contributed by atoms with Crippen molar-refractivity contribution in [3.8, 4) is 0 Å². The van der Waals surface area contributed by atoms with E-state index in [4.69, 9.17) is 4.42 Å². The van der Waals surface area contributed by atoms with Crippen LogP contribution >= 0.6 is 11.8 Å². The van der Waals surface area contributed by atoms with Gasteiger partial charge in [-0.1, -0.05) is 0 Å². The number of carbonyl (C=O) groups is 2. The molecule has 0 N–H and O–H groups in total. The summed E-state index contributed by atoms with van der Waals surface area (Å²) in [5, 5.41) is -0.135. The average molecular weight is 283 g/mol. The van der Waals surface area contributed by atoms with E-state index >= 15 is 0 Å².